The molecule has 0 unspecified atom stereocenters. The van der Waals surface area contributed by atoms with E-state index in [0.29, 0.717) is 5.02 Å². The number of rotatable bonds is 6. The first-order chi connectivity index (χ1) is 14.1. The molecule has 5 heteroatoms. The topological polar surface area (TPSA) is 34.0 Å². The van der Waals surface area contributed by atoms with E-state index in [0.717, 1.165) is 23.5 Å². The van der Waals surface area contributed by atoms with Crippen molar-refractivity contribution in [3.05, 3.63) is 71.8 Å². The van der Waals surface area contributed by atoms with Crippen LogP contribution in [0.15, 0.2) is 71.6 Å². The maximum absolute atomic E-state index is 12.9. The molecule has 29 heavy (non-hydrogen) atoms. The number of para-hydroxylation sites is 1. The lowest BCUT2D eigenvalue weighted by Gasteiger charge is -2.15. The van der Waals surface area contributed by atoms with E-state index in [1.165, 1.54) is 21.8 Å². The number of aryl methyl sites for hydroxylation is 1. The maximum atomic E-state index is 12.9. The lowest BCUT2D eigenvalue weighted by Crippen LogP contribution is -2.24. The first-order valence-corrected chi connectivity index (χ1v) is 11.1. The van der Waals surface area contributed by atoms with Crippen LogP contribution in [0.25, 0.3) is 21.8 Å². The fraction of sp³-hybridized carbons (Fsp3) is 0.208. The van der Waals surface area contributed by atoms with Gasteiger partial charge in [-0.25, -0.2) is 0 Å². The van der Waals surface area contributed by atoms with Gasteiger partial charge in [0.15, 0.2) is 0 Å². The van der Waals surface area contributed by atoms with Gasteiger partial charge in [-0.3, -0.25) is 4.79 Å². The van der Waals surface area contributed by atoms with Crippen molar-refractivity contribution in [2.45, 2.75) is 37.0 Å². The molecule has 0 fully saturated rings. The van der Waals surface area contributed by atoms with Crippen LogP contribution in [0.1, 0.15) is 20.3 Å². The first kappa shape index (κ1) is 19.9. The first-order valence-electron chi connectivity index (χ1n) is 9.84. The number of nitrogens with one attached hydrogen (secondary N) is 1. The average Bonchev–Trinajstić information content (AvgIpc) is 3.06. The molecule has 0 radical (unpaired) electrons. The summed E-state index contributed by atoms with van der Waals surface area (Å²) in [4.78, 5) is 14.0. The van der Waals surface area contributed by atoms with Crippen LogP contribution in [0.2, 0.25) is 5.02 Å². The third kappa shape index (κ3) is 4.00. The monoisotopic (exact) mass is 422 g/mol. The molecule has 0 aliphatic carbocycles. The van der Waals surface area contributed by atoms with Crippen LogP contribution in [0.4, 0.5) is 5.69 Å². The van der Waals surface area contributed by atoms with Gasteiger partial charge < -0.3 is 9.88 Å². The Hall–Kier alpha value is -2.43. The highest BCUT2D eigenvalue weighted by Gasteiger charge is 2.19. The normalized spacial score (nSPS) is 12.4. The minimum atomic E-state index is -0.163. The largest absolute Gasteiger partial charge is 0.341 e. The second kappa shape index (κ2) is 8.52. The fourth-order valence-corrected chi connectivity index (χ4v) is 4.77. The van der Waals surface area contributed by atoms with Gasteiger partial charge in [-0.15, -0.1) is 11.8 Å². The Balaban J connectivity index is 1.60. The van der Waals surface area contributed by atoms with Crippen LogP contribution in [-0.4, -0.2) is 15.7 Å². The smallest absolute Gasteiger partial charge is 0.237 e. The number of hydrogen-bond donors (Lipinski definition) is 1. The molecule has 1 heterocycles. The van der Waals surface area contributed by atoms with Crippen LogP contribution >= 0.6 is 23.4 Å². The summed E-state index contributed by atoms with van der Waals surface area (Å²) in [7, 11) is 0. The molecule has 1 N–H and O–H groups in total. The van der Waals surface area contributed by atoms with E-state index in [2.05, 4.69) is 53.2 Å². The lowest BCUT2D eigenvalue weighted by atomic mass is 10.1. The van der Waals surface area contributed by atoms with Gasteiger partial charge in [0.05, 0.1) is 5.25 Å². The van der Waals surface area contributed by atoms with Gasteiger partial charge in [-0.1, -0.05) is 36.7 Å². The zero-order chi connectivity index (χ0) is 20.4. The molecule has 3 aromatic carbocycles. The molecule has 0 saturated heterocycles. The predicted octanol–water partition coefficient (Wildman–Crippen LogP) is 6.98. The van der Waals surface area contributed by atoms with Crippen molar-refractivity contribution in [2.75, 3.05) is 5.32 Å². The molecule has 148 valence electrons. The van der Waals surface area contributed by atoms with Gasteiger partial charge in [0, 0.05) is 44.0 Å². The minimum Gasteiger partial charge on any atom is -0.341 e. The number of aromatic nitrogens is 1. The Kier molecular flexibility index (Phi) is 5.84. The van der Waals surface area contributed by atoms with E-state index >= 15 is 0 Å². The van der Waals surface area contributed by atoms with Crippen LogP contribution in [0.5, 0.6) is 0 Å². The molecule has 1 atom stereocenters. The van der Waals surface area contributed by atoms with Crippen molar-refractivity contribution >= 4 is 56.8 Å². The van der Waals surface area contributed by atoms with Crippen LogP contribution in [-0.2, 0) is 11.3 Å². The minimum absolute atomic E-state index is 0.0195. The summed E-state index contributed by atoms with van der Waals surface area (Å²) in [5.41, 5.74) is 3.24. The highest BCUT2D eigenvalue weighted by atomic mass is 35.5. The molecule has 1 aromatic heterocycles. The van der Waals surface area contributed by atoms with Crippen molar-refractivity contribution in [1.29, 1.82) is 0 Å². The summed E-state index contributed by atoms with van der Waals surface area (Å²) in [6.07, 6.45) is 0.747. The Morgan fingerprint density at radius 1 is 1.00 bits per heavy atom. The summed E-state index contributed by atoms with van der Waals surface area (Å²) in [6.45, 7) is 5.10. The van der Waals surface area contributed by atoms with Crippen molar-refractivity contribution < 1.29 is 4.79 Å². The average molecular weight is 423 g/mol. The van der Waals surface area contributed by atoms with E-state index in [4.69, 9.17) is 11.6 Å². The van der Waals surface area contributed by atoms with Crippen molar-refractivity contribution in [2.24, 2.45) is 0 Å². The third-order valence-corrected chi connectivity index (χ3v) is 6.74. The van der Waals surface area contributed by atoms with Gasteiger partial charge in [-0.2, -0.15) is 0 Å². The second-order valence-corrected chi connectivity index (χ2v) is 8.66. The Labute approximate surface area is 180 Å². The molecule has 4 aromatic rings. The molecular formula is C24H23ClN2OS. The summed E-state index contributed by atoms with van der Waals surface area (Å²) in [5.74, 6) is 0.0195. The van der Waals surface area contributed by atoms with Gasteiger partial charge in [0.2, 0.25) is 5.91 Å². The Morgan fingerprint density at radius 3 is 2.45 bits per heavy atom. The number of amides is 1. The van der Waals surface area contributed by atoms with Gasteiger partial charge in [0.1, 0.15) is 0 Å². The zero-order valence-electron chi connectivity index (χ0n) is 16.5. The lowest BCUT2D eigenvalue weighted by molar-refractivity contribution is -0.115. The number of nitrogens with zero attached hydrogens (tertiary/aromatic N) is 1. The highest BCUT2D eigenvalue weighted by molar-refractivity contribution is 8.00. The molecule has 0 aliphatic rings. The standard InChI is InChI=1S/C24H23ClN2OS/c1-3-23(29-18-12-9-16(25)10-13-18)24(28)26-17-11-14-22-20(15-17)19-7-5-6-8-21(19)27(22)4-2/h5-15,23H,3-4H2,1-2H3,(H,26,28)/t23-/m0/s1. The summed E-state index contributed by atoms with van der Waals surface area (Å²) in [5, 5.41) is 6.03. The van der Waals surface area contributed by atoms with Gasteiger partial charge in [0.25, 0.3) is 0 Å². The summed E-state index contributed by atoms with van der Waals surface area (Å²) < 4.78 is 2.31. The van der Waals surface area contributed by atoms with Gasteiger partial charge >= 0.3 is 0 Å². The quantitative estimate of drug-likeness (QED) is 0.340. The van der Waals surface area contributed by atoms with Crippen LogP contribution in [0.3, 0.4) is 0 Å². The van der Waals surface area contributed by atoms with Crippen molar-refractivity contribution in [3.63, 3.8) is 0 Å². The molecule has 0 bridgehead atoms. The molecule has 0 aliphatic heterocycles. The van der Waals surface area contributed by atoms with Gasteiger partial charge in [-0.05, 0) is 61.9 Å². The second-order valence-electron chi connectivity index (χ2n) is 6.95. The Morgan fingerprint density at radius 2 is 1.72 bits per heavy atom. The van der Waals surface area contributed by atoms with E-state index in [1.807, 2.05) is 37.3 Å². The number of carbonyl (C=O) groups excluding carboxylic acids is 1. The number of fused-ring (bicyclic) bond motifs is 3. The number of benzene rings is 3. The number of carbonyl (C=O) groups is 1. The van der Waals surface area contributed by atoms with E-state index in [-0.39, 0.29) is 11.2 Å². The molecule has 1 amide bonds. The molecular weight excluding hydrogens is 400 g/mol. The zero-order valence-corrected chi connectivity index (χ0v) is 18.1. The van der Waals surface area contributed by atoms with E-state index < -0.39 is 0 Å². The Bertz CT molecular complexity index is 1170. The molecule has 3 nitrogen and oxygen atoms in total. The van der Waals surface area contributed by atoms with Crippen molar-refractivity contribution in [1.82, 2.24) is 4.57 Å². The summed E-state index contributed by atoms with van der Waals surface area (Å²) in [6, 6.07) is 22.2. The summed E-state index contributed by atoms with van der Waals surface area (Å²) >= 11 is 7.53. The third-order valence-electron chi connectivity index (χ3n) is 5.11. The number of anilines is 1. The number of hydrogen-bond acceptors (Lipinski definition) is 2. The maximum Gasteiger partial charge on any atom is 0.237 e. The van der Waals surface area contributed by atoms with Crippen molar-refractivity contribution in [3.8, 4) is 0 Å². The van der Waals surface area contributed by atoms with Crippen LogP contribution in [0, 0.1) is 0 Å². The molecule has 0 spiro atoms. The van der Waals surface area contributed by atoms with E-state index in [1.54, 1.807) is 11.8 Å². The number of thioether (sulfide) groups is 1. The number of halogens is 1. The SMILES string of the molecule is CC[C@H](Sc1ccc(Cl)cc1)C(=O)Nc1ccc2c(c1)c1ccccc1n2CC. The molecule has 4 rings (SSSR count). The highest BCUT2D eigenvalue weighted by Crippen LogP contribution is 2.32. The van der Waals surface area contributed by atoms with Crippen LogP contribution < -0.4 is 5.32 Å². The molecule has 0 saturated carbocycles. The fourth-order valence-electron chi connectivity index (χ4n) is 3.69. The predicted molar refractivity (Wildman–Crippen MR) is 125 cm³/mol. The van der Waals surface area contributed by atoms with E-state index in [9.17, 15) is 4.79 Å².